The van der Waals surface area contributed by atoms with Crippen LogP contribution in [-0.4, -0.2) is 41.4 Å². The van der Waals surface area contributed by atoms with Gasteiger partial charge in [0.1, 0.15) is 0 Å². The number of aromatic nitrogens is 2. The molecule has 0 saturated carbocycles. The van der Waals surface area contributed by atoms with Gasteiger partial charge in [0.05, 0.1) is 24.1 Å². The van der Waals surface area contributed by atoms with Gasteiger partial charge in [-0.15, -0.1) is 0 Å². The molecule has 1 rings (SSSR count). The smallest absolute Gasteiger partial charge is 0.0897 e. The molecule has 1 aromatic heterocycles. The van der Waals surface area contributed by atoms with E-state index >= 15 is 0 Å². The van der Waals surface area contributed by atoms with Crippen molar-refractivity contribution in [2.24, 2.45) is 0 Å². The first kappa shape index (κ1) is 12.0. The van der Waals surface area contributed by atoms with Gasteiger partial charge in [-0.05, 0) is 6.92 Å². The van der Waals surface area contributed by atoms with E-state index in [9.17, 15) is 5.11 Å². The van der Waals surface area contributed by atoms with Gasteiger partial charge in [-0.1, -0.05) is 0 Å². The van der Waals surface area contributed by atoms with Crippen LogP contribution in [0.5, 0.6) is 0 Å². The normalized spacial score (nSPS) is 12.7. The van der Waals surface area contributed by atoms with E-state index in [-0.39, 0.29) is 0 Å². The molecular weight excluding hydrogens is 194 g/mol. The molecule has 0 aromatic carbocycles. The number of aryl methyl sites for hydroxylation is 1. The maximum Gasteiger partial charge on any atom is 0.0897 e. The van der Waals surface area contributed by atoms with Crippen LogP contribution in [0.2, 0.25) is 0 Å². The third-order valence-electron chi connectivity index (χ3n) is 1.88. The van der Waals surface area contributed by atoms with E-state index in [1.807, 2.05) is 6.92 Å². The Balaban J connectivity index is 2.22. The highest BCUT2D eigenvalue weighted by molar-refractivity contribution is 5.00. The molecule has 2 N–H and O–H groups in total. The van der Waals surface area contributed by atoms with Crippen LogP contribution >= 0.6 is 0 Å². The topological polar surface area (TPSA) is 67.3 Å². The average molecular weight is 211 g/mol. The molecule has 1 aromatic rings. The van der Waals surface area contributed by atoms with Crippen molar-refractivity contribution in [2.45, 2.75) is 19.6 Å². The number of nitrogens with zero attached hydrogens (tertiary/aromatic N) is 2. The van der Waals surface area contributed by atoms with E-state index in [0.29, 0.717) is 19.7 Å². The number of methoxy groups -OCH3 is 1. The van der Waals surface area contributed by atoms with Crippen molar-refractivity contribution in [3.63, 3.8) is 0 Å². The van der Waals surface area contributed by atoms with E-state index in [2.05, 4.69) is 15.3 Å². The lowest BCUT2D eigenvalue weighted by molar-refractivity contribution is 0.0643. The van der Waals surface area contributed by atoms with Crippen LogP contribution in [-0.2, 0) is 11.3 Å². The fourth-order valence-corrected chi connectivity index (χ4v) is 1.13. The van der Waals surface area contributed by atoms with Crippen molar-refractivity contribution in [3.05, 3.63) is 23.8 Å². The second-order valence-corrected chi connectivity index (χ2v) is 3.39. The van der Waals surface area contributed by atoms with E-state index in [4.69, 9.17) is 4.74 Å². The number of aliphatic hydroxyl groups is 1. The highest BCUT2D eigenvalue weighted by atomic mass is 16.5. The monoisotopic (exact) mass is 211 g/mol. The van der Waals surface area contributed by atoms with Crippen molar-refractivity contribution >= 4 is 0 Å². The lowest BCUT2D eigenvalue weighted by atomic mass is 10.3. The lowest BCUT2D eigenvalue weighted by Crippen LogP contribution is -2.29. The molecule has 0 aliphatic heterocycles. The number of hydrogen-bond donors (Lipinski definition) is 2. The van der Waals surface area contributed by atoms with Gasteiger partial charge in [0.2, 0.25) is 0 Å². The third kappa shape index (κ3) is 4.83. The molecular formula is C10H17N3O2. The van der Waals surface area contributed by atoms with Gasteiger partial charge >= 0.3 is 0 Å². The fraction of sp³-hybridized carbons (Fsp3) is 0.600. The van der Waals surface area contributed by atoms with Crippen LogP contribution in [0, 0.1) is 6.92 Å². The summed E-state index contributed by atoms with van der Waals surface area (Å²) in [5.74, 6) is 0. The van der Waals surface area contributed by atoms with Gasteiger partial charge < -0.3 is 15.2 Å². The molecule has 0 fully saturated rings. The molecule has 84 valence electrons. The van der Waals surface area contributed by atoms with Gasteiger partial charge in [-0.2, -0.15) is 0 Å². The summed E-state index contributed by atoms with van der Waals surface area (Å²) in [4.78, 5) is 8.31. The standard InChI is InChI=1S/C10H17N3O2/c1-8-3-13-9(5-12-8)4-11-6-10(14)7-15-2/h3,5,10-11,14H,4,6-7H2,1-2H3. The second kappa shape index (κ2) is 6.44. The zero-order valence-electron chi connectivity index (χ0n) is 9.10. The highest BCUT2D eigenvalue weighted by Crippen LogP contribution is 1.93. The van der Waals surface area contributed by atoms with Gasteiger partial charge in [0.25, 0.3) is 0 Å². The molecule has 1 unspecified atom stereocenters. The van der Waals surface area contributed by atoms with Crippen LogP contribution in [0.4, 0.5) is 0 Å². The predicted molar refractivity (Wildman–Crippen MR) is 56.4 cm³/mol. The first-order valence-corrected chi connectivity index (χ1v) is 4.87. The van der Waals surface area contributed by atoms with Crippen LogP contribution in [0.15, 0.2) is 12.4 Å². The largest absolute Gasteiger partial charge is 0.389 e. The van der Waals surface area contributed by atoms with Gasteiger partial charge in [-0.3, -0.25) is 9.97 Å². The summed E-state index contributed by atoms with van der Waals surface area (Å²) in [6.07, 6.45) is 2.97. The lowest BCUT2D eigenvalue weighted by Gasteiger charge is -2.10. The van der Waals surface area contributed by atoms with Crippen LogP contribution in [0.3, 0.4) is 0 Å². The van der Waals surface area contributed by atoms with Crippen molar-refractivity contribution in [1.29, 1.82) is 0 Å². The summed E-state index contributed by atoms with van der Waals surface area (Å²) in [6.45, 7) is 3.33. The Morgan fingerprint density at radius 1 is 1.47 bits per heavy atom. The summed E-state index contributed by atoms with van der Waals surface area (Å²) in [5, 5.41) is 12.4. The van der Waals surface area contributed by atoms with E-state index in [1.165, 1.54) is 0 Å². The second-order valence-electron chi connectivity index (χ2n) is 3.39. The summed E-state index contributed by atoms with van der Waals surface area (Å²) in [5.41, 5.74) is 1.77. The maximum atomic E-state index is 9.35. The number of ether oxygens (including phenoxy) is 1. The first-order chi connectivity index (χ1) is 7.22. The molecule has 0 saturated heterocycles. The average Bonchev–Trinajstić information content (AvgIpc) is 2.21. The Hall–Kier alpha value is -1.04. The zero-order chi connectivity index (χ0) is 11.1. The summed E-state index contributed by atoms with van der Waals surface area (Å²) < 4.78 is 4.80. The van der Waals surface area contributed by atoms with Gasteiger partial charge in [0.15, 0.2) is 0 Å². The quantitative estimate of drug-likeness (QED) is 0.686. The molecule has 15 heavy (non-hydrogen) atoms. The Kier molecular flexibility index (Phi) is 5.17. The number of hydrogen-bond acceptors (Lipinski definition) is 5. The summed E-state index contributed by atoms with van der Waals surface area (Å²) >= 11 is 0. The molecule has 0 aliphatic rings. The molecule has 0 radical (unpaired) electrons. The molecule has 1 atom stereocenters. The SMILES string of the molecule is COCC(O)CNCc1cnc(C)cn1. The summed E-state index contributed by atoms with van der Waals surface area (Å²) in [7, 11) is 1.56. The highest BCUT2D eigenvalue weighted by Gasteiger charge is 2.02. The molecule has 5 heteroatoms. The molecule has 5 nitrogen and oxygen atoms in total. The van der Waals surface area contributed by atoms with Gasteiger partial charge in [0, 0.05) is 32.6 Å². The minimum absolute atomic E-state index is 0.340. The minimum atomic E-state index is -0.478. The van der Waals surface area contributed by atoms with Gasteiger partial charge in [-0.25, -0.2) is 0 Å². The third-order valence-corrected chi connectivity index (χ3v) is 1.88. The van der Waals surface area contributed by atoms with Crippen molar-refractivity contribution in [3.8, 4) is 0 Å². The maximum absolute atomic E-state index is 9.35. The van der Waals surface area contributed by atoms with Crippen molar-refractivity contribution < 1.29 is 9.84 Å². The van der Waals surface area contributed by atoms with E-state index in [0.717, 1.165) is 11.4 Å². The Morgan fingerprint density at radius 3 is 2.87 bits per heavy atom. The van der Waals surface area contributed by atoms with Crippen molar-refractivity contribution in [1.82, 2.24) is 15.3 Å². The first-order valence-electron chi connectivity index (χ1n) is 4.87. The summed E-state index contributed by atoms with van der Waals surface area (Å²) in [6, 6.07) is 0. The number of rotatable bonds is 6. The van der Waals surface area contributed by atoms with Crippen molar-refractivity contribution in [2.75, 3.05) is 20.3 Å². The Labute approximate surface area is 89.5 Å². The fourth-order valence-electron chi connectivity index (χ4n) is 1.13. The van der Waals surface area contributed by atoms with Crippen LogP contribution < -0.4 is 5.32 Å². The molecule has 1 heterocycles. The Bertz CT molecular complexity index is 277. The molecule has 0 amide bonds. The number of aliphatic hydroxyl groups excluding tert-OH is 1. The molecule has 0 bridgehead atoms. The molecule has 0 aliphatic carbocycles. The minimum Gasteiger partial charge on any atom is -0.389 e. The zero-order valence-corrected chi connectivity index (χ0v) is 9.10. The Morgan fingerprint density at radius 2 is 2.27 bits per heavy atom. The molecule has 0 spiro atoms. The van der Waals surface area contributed by atoms with E-state index < -0.39 is 6.10 Å². The van der Waals surface area contributed by atoms with E-state index in [1.54, 1.807) is 19.5 Å². The van der Waals surface area contributed by atoms with Crippen LogP contribution in [0.25, 0.3) is 0 Å². The number of nitrogens with one attached hydrogen (secondary N) is 1. The predicted octanol–water partition coefficient (Wildman–Crippen LogP) is -0.118. The van der Waals surface area contributed by atoms with Crippen LogP contribution in [0.1, 0.15) is 11.4 Å².